The first-order valence-electron chi connectivity index (χ1n) is 9.62. The van der Waals surface area contributed by atoms with Gasteiger partial charge in [0.15, 0.2) is 13.1 Å². The summed E-state index contributed by atoms with van der Waals surface area (Å²) in [4.78, 5) is 25.5. The number of carbonyl (C=O) groups excluding carboxylic acids is 2. The summed E-state index contributed by atoms with van der Waals surface area (Å²) in [5.74, 6) is 0.500. The topological polar surface area (TPSA) is 71.9 Å². The number of ether oxygens (including phenoxy) is 1. The van der Waals surface area contributed by atoms with Crippen molar-refractivity contribution in [3.05, 3.63) is 53.6 Å². The van der Waals surface area contributed by atoms with Crippen LogP contribution < -0.4 is 20.3 Å². The van der Waals surface area contributed by atoms with Crippen molar-refractivity contribution in [1.82, 2.24) is 0 Å². The SMILES string of the molecule is CCc1cccc(CC)c1NC(=O)C[NH+](C)CC(=O)Nc1ccc(OC)cc1. The average Bonchev–Trinajstić information content (AvgIpc) is 2.68. The van der Waals surface area contributed by atoms with Gasteiger partial charge < -0.3 is 20.3 Å². The van der Waals surface area contributed by atoms with Crippen LogP contribution in [0.15, 0.2) is 42.5 Å². The maximum atomic E-state index is 12.5. The van der Waals surface area contributed by atoms with Gasteiger partial charge in [-0.05, 0) is 48.2 Å². The van der Waals surface area contributed by atoms with Crippen LogP contribution >= 0.6 is 0 Å². The fourth-order valence-electron chi connectivity index (χ4n) is 3.08. The van der Waals surface area contributed by atoms with Gasteiger partial charge in [0.1, 0.15) is 5.75 Å². The molecule has 2 aromatic rings. The number of para-hydroxylation sites is 1. The van der Waals surface area contributed by atoms with E-state index in [-0.39, 0.29) is 24.9 Å². The molecule has 0 saturated carbocycles. The lowest BCUT2D eigenvalue weighted by Crippen LogP contribution is -3.11. The molecule has 0 saturated heterocycles. The van der Waals surface area contributed by atoms with Crippen molar-refractivity contribution in [2.45, 2.75) is 26.7 Å². The summed E-state index contributed by atoms with van der Waals surface area (Å²) in [6.45, 7) is 4.57. The maximum absolute atomic E-state index is 12.5. The molecule has 0 aliphatic rings. The second-order valence-corrected chi connectivity index (χ2v) is 6.79. The van der Waals surface area contributed by atoms with E-state index in [0.717, 1.165) is 40.3 Å². The largest absolute Gasteiger partial charge is 0.497 e. The Hall–Kier alpha value is -2.86. The van der Waals surface area contributed by atoms with E-state index in [0.29, 0.717) is 5.69 Å². The zero-order valence-corrected chi connectivity index (χ0v) is 17.1. The Bertz CT molecular complexity index is 781. The smallest absolute Gasteiger partial charge is 0.279 e. The molecule has 0 radical (unpaired) electrons. The molecule has 1 unspecified atom stereocenters. The minimum absolute atomic E-state index is 0.0923. The fraction of sp³-hybridized carbons (Fsp3) is 0.364. The summed E-state index contributed by atoms with van der Waals surface area (Å²) in [5.41, 5.74) is 3.87. The number of hydrogen-bond donors (Lipinski definition) is 3. The van der Waals surface area contributed by atoms with Crippen LogP contribution in [0.25, 0.3) is 0 Å². The van der Waals surface area contributed by atoms with Crippen LogP contribution in [0.3, 0.4) is 0 Å². The number of quaternary nitrogens is 1. The fourth-order valence-corrected chi connectivity index (χ4v) is 3.08. The summed E-state index contributed by atoms with van der Waals surface area (Å²) in [5, 5.41) is 5.88. The lowest BCUT2D eigenvalue weighted by atomic mass is 10.0. The first-order valence-corrected chi connectivity index (χ1v) is 9.62. The molecule has 0 aliphatic carbocycles. The van der Waals surface area contributed by atoms with Gasteiger partial charge in [0, 0.05) is 11.4 Å². The minimum atomic E-state index is -0.140. The highest BCUT2D eigenvalue weighted by Crippen LogP contribution is 2.22. The molecule has 6 heteroatoms. The van der Waals surface area contributed by atoms with Gasteiger partial charge >= 0.3 is 0 Å². The molecule has 0 fully saturated rings. The molecule has 6 nitrogen and oxygen atoms in total. The van der Waals surface area contributed by atoms with Gasteiger partial charge in [-0.3, -0.25) is 9.59 Å². The zero-order valence-electron chi connectivity index (χ0n) is 17.1. The van der Waals surface area contributed by atoms with Crippen LogP contribution in [0.5, 0.6) is 5.75 Å². The maximum Gasteiger partial charge on any atom is 0.279 e. The van der Waals surface area contributed by atoms with Crippen molar-refractivity contribution >= 4 is 23.2 Å². The number of amides is 2. The zero-order chi connectivity index (χ0) is 20.5. The van der Waals surface area contributed by atoms with E-state index in [9.17, 15) is 9.59 Å². The van der Waals surface area contributed by atoms with E-state index in [1.807, 2.05) is 25.2 Å². The number of likely N-dealkylation sites (N-methyl/N-ethyl adjacent to an activating group) is 1. The van der Waals surface area contributed by atoms with Gasteiger partial charge in [0.25, 0.3) is 11.8 Å². The van der Waals surface area contributed by atoms with E-state index >= 15 is 0 Å². The third kappa shape index (κ3) is 6.09. The van der Waals surface area contributed by atoms with Crippen LogP contribution in [0.2, 0.25) is 0 Å². The molecule has 0 heterocycles. The van der Waals surface area contributed by atoms with Crippen molar-refractivity contribution < 1.29 is 19.2 Å². The summed E-state index contributed by atoms with van der Waals surface area (Å²) < 4.78 is 5.10. The lowest BCUT2D eigenvalue weighted by Gasteiger charge is -2.17. The first kappa shape index (κ1) is 21.4. The van der Waals surface area contributed by atoms with E-state index in [4.69, 9.17) is 4.74 Å². The highest BCUT2D eigenvalue weighted by molar-refractivity contribution is 5.94. The molecule has 28 heavy (non-hydrogen) atoms. The van der Waals surface area contributed by atoms with E-state index in [1.165, 1.54) is 0 Å². The molecular weight excluding hydrogens is 354 g/mol. The van der Waals surface area contributed by atoms with Crippen LogP contribution in [0.4, 0.5) is 11.4 Å². The monoisotopic (exact) mass is 384 g/mol. The van der Waals surface area contributed by atoms with Crippen LogP contribution in [0, 0.1) is 0 Å². The summed E-state index contributed by atoms with van der Waals surface area (Å²) >= 11 is 0. The van der Waals surface area contributed by atoms with Gasteiger partial charge in [-0.15, -0.1) is 0 Å². The summed E-state index contributed by atoms with van der Waals surface area (Å²) in [6, 6.07) is 13.2. The highest BCUT2D eigenvalue weighted by atomic mass is 16.5. The third-order valence-electron chi connectivity index (χ3n) is 4.56. The van der Waals surface area contributed by atoms with Gasteiger partial charge in [-0.2, -0.15) is 0 Å². The second-order valence-electron chi connectivity index (χ2n) is 6.79. The van der Waals surface area contributed by atoms with Crippen molar-refractivity contribution in [3.63, 3.8) is 0 Å². The van der Waals surface area contributed by atoms with Crippen LogP contribution in [0.1, 0.15) is 25.0 Å². The number of aryl methyl sites for hydroxylation is 2. The van der Waals surface area contributed by atoms with Crippen LogP contribution in [-0.2, 0) is 22.4 Å². The average molecular weight is 385 g/mol. The van der Waals surface area contributed by atoms with E-state index < -0.39 is 0 Å². The Morgan fingerprint density at radius 2 is 1.43 bits per heavy atom. The Balaban J connectivity index is 1.89. The van der Waals surface area contributed by atoms with Gasteiger partial charge in [-0.25, -0.2) is 0 Å². The molecule has 3 N–H and O–H groups in total. The van der Waals surface area contributed by atoms with Gasteiger partial charge in [-0.1, -0.05) is 32.0 Å². The number of benzene rings is 2. The lowest BCUT2D eigenvalue weighted by molar-refractivity contribution is -0.862. The van der Waals surface area contributed by atoms with Crippen molar-refractivity contribution in [2.75, 3.05) is 37.9 Å². The first-order chi connectivity index (χ1) is 13.5. The number of carbonyl (C=O) groups is 2. The summed E-state index contributed by atoms with van der Waals surface area (Å²) in [7, 11) is 3.43. The van der Waals surface area contributed by atoms with Gasteiger partial charge in [0.2, 0.25) is 0 Å². The third-order valence-corrected chi connectivity index (χ3v) is 4.56. The molecule has 1 atom stereocenters. The van der Waals surface area contributed by atoms with Crippen molar-refractivity contribution in [2.24, 2.45) is 0 Å². The second kappa shape index (κ2) is 10.5. The Kier molecular flexibility index (Phi) is 8.02. The van der Waals surface area contributed by atoms with Gasteiger partial charge in [0.05, 0.1) is 14.2 Å². The Morgan fingerprint density at radius 1 is 0.893 bits per heavy atom. The molecule has 0 spiro atoms. The normalized spacial score (nSPS) is 11.6. The number of nitrogens with one attached hydrogen (secondary N) is 3. The summed E-state index contributed by atoms with van der Waals surface area (Å²) in [6.07, 6.45) is 1.72. The number of rotatable bonds is 9. The highest BCUT2D eigenvalue weighted by Gasteiger charge is 2.16. The molecule has 2 amide bonds. The molecule has 0 aliphatic heterocycles. The molecule has 2 aromatic carbocycles. The van der Waals surface area contributed by atoms with Crippen molar-refractivity contribution in [3.8, 4) is 5.75 Å². The predicted octanol–water partition coefficient (Wildman–Crippen LogP) is 1.91. The minimum Gasteiger partial charge on any atom is -0.497 e. The molecular formula is C22H30N3O3+. The molecule has 0 aromatic heterocycles. The number of anilines is 2. The van der Waals surface area contributed by atoms with Crippen molar-refractivity contribution in [1.29, 1.82) is 0 Å². The number of hydrogen-bond acceptors (Lipinski definition) is 3. The molecule has 150 valence electrons. The quantitative estimate of drug-likeness (QED) is 0.618. The molecule has 0 bridgehead atoms. The Labute approximate surface area is 166 Å². The van der Waals surface area contributed by atoms with E-state index in [1.54, 1.807) is 31.4 Å². The standard InChI is InChI=1S/C22H29N3O3/c1-5-16-8-7-9-17(6-2)22(16)24-21(27)15-25(3)14-20(26)23-18-10-12-19(28-4)13-11-18/h7-13H,5-6,14-15H2,1-4H3,(H,23,26)(H,24,27)/p+1. The van der Waals surface area contributed by atoms with E-state index in [2.05, 4.69) is 24.5 Å². The number of methoxy groups -OCH3 is 1. The van der Waals surface area contributed by atoms with Crippen LogP contribution in [-0.4, -0.2) is 39.1 Å². The predicted molar refractivity (Wildman–Crippen MR) is 112 cm³/mol. The Morgan fingerprint density at radius 3 is 1.93 bits per heavy atom. The molecule has 2 rings (SSSR count).